The van der Waals surface area contributed by atoms with Crippen LogP contribution in [-0.2, 0) is 0 Å². The Labute approximate surface area is 102 Å². The fourth-order valence-corrected chi connectivity index (χ4v) is 0.998. The summed E-state index contributed by atoms with van der Waals surface area (Å²) in [6.07, 6.45) is 0. The molecular weight excluding hydrogens is 211 g/mol. The molecule has 0 saturated carbocycles. The summed E-state index contributed by atoms with van der Waals surface area (Å²) < 4.78 is 0. The summed E-state index contributed by atoms with van der Waals surface area (Å²) in [7, 11) is 0. The van der Waals surface area contributed by atoms with Crippen molar-refractivity contribution in [2.24, 2.45) is 0 Å². The molecule has 0 amide bonds. The predicted molar refractivity (Wildman–Crippen MR) is 54.5 cm³/mol. The Kier molecular flexibility index (Phi) is 4.76. The van der Waals surface area contributed by atoms with E-state index >= 15 is 0 Å². The summed E-state index contributed by atoms with van der Waals surface area (Å²) in [5.41, 5.74) is -1.10. The zero-order chi connectivity index (χ0) is 11.6. The summed E-state index contributed by atoms with van der Waals surface area (Å²) in [5, 5.41) is 25.8. The SMILES string of the molecule is O=C(O)c1cc(C(=O)O)cc(C(=O)O)c1.[LiH]. The van der Waals surface area contributed by atoms with Crippen LogP contribution >= 0.6 is 0 Å². The molecule has 1 aromatic rings. The molecule has 0 aliphatic carbocycles. The van der Waals surface area contributed by atoms with E-state index in [9.17, 15) is 14.4 Å². The standard InChI is InChI=1S/C9H6O6.Li.H/c10-7(11)4-1-5(8(12)13)3-6(2-4)9(14)15;;/h1-3H,(H,10,11)(H,12,13)(H,14,15);;. The first-order valence-corrected chi connectivity index (χ1v) is 3.77. The van der Waals surface area contributed by atoms with Crippen LogP contribution in [-0.4, -0.2) is 52.1 Å². The molecule has 0 radical (unpaired) electrons. The second-order valence-corrected chi connectivity index (χ2v) is 2.71. The second kappa shape index (κ2) is 5.35. The molecule has 0 saturated heterocycles. The summed E-state index contributed by atoms with van der Waals surface area (Å²) in [5.74, 6) is -4.12. The number of carboxylic acids is 3. The fourth-order valence-electron chi connectivity index (χ4n) is 0.998. The van der Waals surface area contributed by atoms with Gasteiger partial charge in [0.05, 0.1) is 16.7 Å². The van der Waals surface area contributed by atoms with Gasteiger partial charge in [-0.15, -0.1) is 0 Å². The van der Waals surface area contributed by atoms with Crippen LogP contribution in [0.4, 0.5) is 0 Å². The maximum absolute atomic E-state index is 10.6. The fraction of sp³-hybridized carbons (Fsp3) is 0. The van der Waals surface area contributed by atoms with Crippen LogP contribution in [0.25, 0.3) is 0 Å². The van der Waals surface area contributed by atoms with Gasteiger partial charge in [0.15, 0.2) is 0 Å². The summed E-state index contributed by atoms with van der Waals surface area (Å²) >= 11 is 0. The van der Waals surface area contributed by atoms with Crippen molar-refractivity contribution >= 4 is 36.8 Å². The summed E-state index contributed by atoms with van der Waals surface area (Å²) in [4.78, 5) is 31.7. The van der Waals surface area contributed by atoms with Crippen molar-refractivity contribution in [3.05, 3.63) is 34.9 Å². The first-order chi connectivity index (χ1) is 6.91. The monoisotopic (exact) mass is 218 g/mol. The Bertz CT molecular complexity index is 374. The molecule has 1 aromatic carbocycles. The van der Waals surface area contributed by atoms with Crippen molar-refractivity contribution in [1.82, 2.24) is 0 Å². The molecule has 0 aromatic heterocycles. The molecule has 7 heteroatoms. The van der Waals surface area contributed by atoms with Gasteiger partial charge in [0.2, 0.25) is 0 Å². The zero-order valence-corrected chi connectivity index (χ0v) is 7.30. The normalized spacial score (nSPS) is 9.00. The number of hydrogen-bond acceptors (Lipinski definition) is 3. The van der Waals surface area contributed by atoms with Crippen molar-refractivity contribution in [3.63, 3.8) is 0 Å². The molecule has 1 rings (SSSR count). The van der Waals surface area contributed by atoms with Crippen LogP contribution in [0.15, 0.2) is 18.2 Å². The van der Waals surface area contributed by atoms with Crippen LogP contribution in [0.3, 0.4) is 0 Å². The Balaban J connectivity index is 0.00000225. The van der Waals surface area contributed by atoms with E-state index in [1.54, 1.807) is 0 Å². The average molecular weight is 218 g/mol. The molecule has 0 spiro atoms. The first-order valence-electron chi connectivity index (χ1n) is 3.77. The van der Waals surface area contributed by atoms with E-state index in [0.29, 0.717) is 0 Å². The Morgan fingerprint density at radius 1 is 0.688 bits per heavy atom. The summed E-state index contributed by atoms with van der Waals surface area (Å²) in [6, 6.07) is 2.70. The van der Waals surface area contributed by atoms with Gasteiger partial charge in [0.1, 0.15) is 0 Å². The van der Waals surface area contributed by atoms with Crippen LogP contribution in [0.2, 0.25) is 0 Å². The molecule has 0 bridgehead atoms. The number of aromatic carboxylic acids is 3. The molecule has 6 nitrogen and oxygen atoms in total. The van der Waals surface area contributed by atoms with Crippen molar-refractivity contribution in [3.8, 4) is 0 Å². The van der Waals surface area contributed by atoms with Crippen molar-refractivity contribution < 1.29 is 29.7 Å². The van der Waals surface area contributed by atoms with Gasteiger partial charge in [-0.3, -0.25) is 0 Å². The van der Waals surface area contributed by atoms with Gasteiger partial charge in [-0.2, -0.15) is 0 Å². The number of carbonyl (C=O) groups is 3. The number of rotatable bonds is 3. The molecule has 0 aliphatic rings. The van der Waals surface area contributed by atoms with E-state index in [1.165, 1.54) is 0 Å². The van der Waals surface area contributed by atoms with Gasteiger partial charge in [0.25, 0.3) is 0 Å². The third-order valence-electron chi connectivity index (χ3n) is 1.67. The minimum absolute atomic E-state index is 0. The Morgan fingerprint density at radius 3 is 1.00 bits per heavy atom. The van der Waals surface area contributed by atoms with E-state index in [-0.39, 0.29) is 35.6 Å². The summed E-state index contributed by atoms with van der Waals surface area (Å²) in [6.45, 7) is 0. The number of hydrogen-bond donors (Lipinski definition) is 3. The van der Waals surface area contributed by atoms with Crippen LogP contribution in [0.5, 0.6) is 0 Å². The Hall–Kier alpha value is -1.77. The quantitative estimate of drug-likeness (QED) is 0.621. The molecule has 0 aliphatic heterocycles. The van der Waals surface area contributed by atoms with Crippen LogP contribution < -0.4 is 0 Å². The topological polar surface area (TPSA) is 112 Å². The molecule has 0 fully saturated rings. The third-order valence-corrected chi connectivity index (χ3v) is 1.67. The van der Waals surface area contributed by atoms with Crippen molar-refractivity contribution in [2.45, 2.75) is 0 Å². The van der Waals surface area contributed by atoms with Gasteiger partial charge < -0.3 is 15.3 Å². The zero-order valence-electron chi connectivity index (χ0n) is 7.30. The molecule has 16 heavy (non-hydrogen) atoms. The third kappa shape index (κ3) is 3.12. The van der Waals surface area contributed by atoms with Crippen molar-refractivity contribution in [1.29, 1.82) is 0 Å². The van der Waals surface area contributed by atoms with Gasteiger partial charge in [-0.1, -0.05) is 0 Å². The molecular formula is C9H7LiO6. The number of carboxylic acid groups (broad SMARTS) is 3. The predicted octanol–water partition coefficient (Wildman–Crippen LogP) is 0.133. The molecule has 80 valence electrons. The molecule has 0 heterocycles. The van der Waals surface area contributed by atoms with Crippen molar-refractivity contribution in [2.75, 3.05) is 0 Å². The van der Waals surface area contributed by atoms with E-state index in [4.69, 9.17) is 15.3 Å². The van der Waals surface area contributed by atoms with E-state index in [0.717, 1.165) is 18.2 Å². The van der Waals surface area contributed by atoms with Gasteiger partial charge in [-0.25, -0.2) is 14.4 Å². The number of benzene rings is 1. The second-order valence-electron chi connectivity index (χ2n) is 2.71. The molecule has 3 N–H and O–H groups in total. The first kappa shape index (κ1) is 14.2. The van der Waals surface area contributed by atoms with E-state index < -0.39 is 17.9 Å². The van der Waals surface area contributed by atoms with Crippen LogP contribution in [0.1, 0.15) is 31.1 Å². The maximum atomic E-state index is 10.6. The van der Waals surface area contributed by atoms with Crippen LogP contribution in [0, 0.1) is 0 Å². The van der Waals surface area contributed by atoms with E-state index in [2.05, 4.69) is 0 Å². The Morgan fingerprint density at radius 2 is 0.875 bits per heavy atom. The van der Waals surface area contributed by atoms with Gasteiger partial charge >= 0.3 is 36.8 Å². The molecule has 0 unspecified atom stereocenters. The van der Waals surface area contributed by atoms with Gasteiger partial charge in [-0.05, 0) is 18.2 Å². The van der Waals surface area contributed by atoms with E-state index in [1.807, 2.05) is 0 Å². The molecule has 0 atom stereocenters. The minimum atomic E-state index is -1.37. The van der Waals surface area contributed by atoms with Gasteiger partial charge in [0, 0.05) is 0 Å². The average Bonchev–Trinajstić information content (AvgIpc) is 2.16.